The highest BCUT2D eigenvalue weighted by Gasteiger charge is 2.68. The van der Waals surface area contributed by atoms with E-state index in [-0.39, 0.29) is 41.4 Å². The molecule has 4 aliphatic rings. The van der Waals surface area contributed by atoms with Crippen LogP contribution < -0.4 is 16.4 Å². The number of nitrogens with two attached hydrogens (primary N) is 1. The summed E-state index contributed by atoms with van der Waals surface area (Å²) in [5.74, 6) is 0.850. The molecule has 8 heteroatoms. The van der Waals surface area contributed by atoms with E-state index >= 15 is 0 Å². The summed E-state index contributed by atoms with van der Waals surface area (Å²) in [7, 11) is -0.483. The Bertz CT molecular complexity index is 748. The summed E-state index contributed by atoms with van der Waals surface area (Å²) < 4.78 is 13.1. The van der Waals surface area contributed by atoms with Crippen molar-refractivity contribution in [2.45, 2.75) is 136 Å². The Morgan fingerprint density at radius 1 is 1.03 bits per heavy atom. The number of rotatable bonds is 15. The zero-order valence-corrected chi connectivity index (χ0v) is 23.7. The first-order chi connectivity index (χ1) is 17.0. The van der Waals surface area contributed by atoms with Crippen molar-refractivity contribution in [3.8, 4) is 0 Å². The molecule has 4 N–H and O–H groups in total. The van der Waals surface area contributed by atoms with Crippen LogP contribution in [-0.2, 0) is 18.9 Å². The van der Waals surface area contributed by atoms with E-state index in [2.05, 4.69) is 52.2 Å². The number of carbonyl (C=O) groups is 2. The van der Waals surface area contributed by atoms with Gasteiger partial charge < -0.3 is 25.7 Å². The molecule has 3 saturated carbocycles. The van der Waals surface area contributed by atoms with Gasteiger partial charge >= 0.3 is 7.12 Å². The predicted octanol–water partition coefficient (Wildman–Crippen LogP) is 4.37. The maximum Gasteiger partial charge on any atom is 0.481 e. The molecule has 2 amide bonds. The molecule has 6 atom stereocenters. The Balaban J connectivity index is 1.51. The average Bonchev–Trinajstić information content (AvgIpc) is 3.18. The van der Waals surface area contributed by atoms with Gasteiger partial charge in [0.15, 0.2) is 0 Å². The van der Waals surface area contributed by atoms with Gasteiger partial charge in [-0.05, 0) is 55.8 Å². The van der Waals surface area contributed by atoms with Crippen LogP contribution in [0.3, 0.4) is 0 Å². The summed E-state index contributed by atoms with van der Waals surface area (Å²) >= 11 is 0. The number of carbonyl (C=O) groups excluding carboxylic acids is 2. The van der Waals surface area contributed by atoms with Gasteiger partial charge in [0.2, 0.25) is 11.8 Å². The minimum Gasteiger partial charge on any atom is -0.404 e. The van der Waals surface area contributed by atoms with E-state index in [0.717, 1.165) is 32.1 Å². The average molecular weight is 506 g/mol. The van der Waals surface area contributed by atoms with E-state index in [1.165, 1.54) is 32.1 Å². The van der Waals surface area contributed by atoms with Gasteiger partial charge in [0.25, 0.3) is 0 Å². The smallest absolute Gasteiger partial charge is 0.404 e. The van der Waals surface area contributed by atoms with Crippen LogP contribution in [0.25, 0.3) is 0 Å². The molecule has 0 spiro atoms. The standard InChI is InChI=1S/C28H52BN3O4/c1-7-8-9-10-11-12-13-14-25(33)31-21(18-30)26(34)32-24(15-19(2)3)29-35-23-17-20-16-22(27(20,4)5)28(23,6)36-29/h19-24H,7-18,30H2,1-6H3,(H,31,33)(H,32,34)/t20-,21?,22-,23+,24-,28-/m0/s1. The summed E-state index contributed by atoms with van der Waals surface area (Å²) in [5, 5.41) is 5.99. The van der Waals surface area contributed by atoms with E-state index in [4.69, 9.17) is 15.0 Å². The summed E-state index contributed by atoms with van der Waals surface area (Å²) in [6.07, 6.45) is 11.5. The van der Waals surface area contributed by atoms with Gasteiger partial charge in [0.1, 0.15) is 6.04 Å². The molecule has 0 aromatic carbocycles. The lowest BCUT2D eigenvalue weighted by atomic mass is 9.43. The van der Waals surface area contributed by atoms with Crippen LogP contribution in [-0.4, -0.2) is 49.2 Å². The minimum atomic E-state index is -0.747. The van der Waals surface area contributed by atoms with Crippen LogP contribution in [0.5, 0.6) is 0 Å². The van der Waals surface area contributed by atoms with Crippen molar-refractivity contribution in [2.75, 3.05) is 6.54 Å². The van der Waals surface area contributed by atoms with Crippen LogP contribution in [0.4, 0.5) is 0 Å². The molecule has 1 heterocycles. The monoisotopic (exact) mass is 505 g/mol. The van der Waals surface area contributed by atoms with Gasteiger partial charge in [-0.15, -0.1) is 0 Å². The molecule has 36 heavy (non-hydrogen) atoms. The maximum atomic E-state index is 13.2. The van der Waals surface area contributed by atoms with Gasteiger partial charge in [-0.2, -0.15) is 0 Å². The second-order valence-electron chi connectivity index (χ2n) is 12.8. The van der Waals surface area contributed by atoms with Crippen LogP contribution >= 0.6 is 0 Å². The molecule has 4 fully saturated rings. The lowest BCUT2D eigenvalue weighted by Crippen LogP contribution is -2.65. The fourth-order valence-corrected chi connectivity index (χ4v) is 6.84. The highest BCUT2D eigenvalue weighted by molar-refractivity contribution is 6.47. The van der Waals surface area contributed by atoms with E-state index < -0.39 is 13.2 Å². The van der Waals surface area contributed by atoms with Crippen molar-refractivity contribution in [2.24, 2.45) is 28.9 Å². The molecule has 1 saturated heterocycles. The highest BCUT2D eigenvalue weighted by Crippen LogP contribution is 2.65. The van der Waals surface area contributed by atoms with E-state index in [0.29, 0.717) is 24.2 Å². The third-order valence-electron chi connectivity index (χ3n) is 9.25. The first-order valence-corrected chi connectivity index (χ1v) is 14.7. The van der Waals surface area contributed by atoms with Gasteiger partial charge in [-0.25, -0.2) is 0 Å². The second-order valence-corrected chi connectivity index (χ2v) is 12.8. The van der Waals surface area contributed by atoms with Crippen molar-refractivity contribution in [1.29, 1.82) is 0 Å². The van der Waals surface area contributed by atoms with Gasteiger partial charge in [-0.3, -0.25) is 9.59 Å². The number of hydrogen-bond acceptors (Lipinski definition) is 5. The first-order valence-electron chi connectivity index (χ1n) is 14.7. The number of unbranched alkanes of at least 4 members (excludes halogenated alkanes) is 6. The third kappa shape index (κ3) is 6.65. The minimum absolute atomic E-state index is 0.0631. The second kappa shape index (κ2) is 12.6. The molecule has 4 rings (SSSR count). The van der Waals surface area contributed by atoms with Crippen molar-refractivity contribution < 1.29 is 18.9 Å². The summed E-state index contributed by atoms with van der Waals surface area (Å²) in [6.45, 7) is 13.4. The molecular weight excluding hydrogens is 453 g/mol. The topological polar surface area (TPSA) is 103 Å². The van der Waals surface area contributed by atoms with E-state index in [1.807, 2.05) is 0 Å². The lowest BCUT2D eigenvalue weighted by Gasteiger charge is -2.64. The number of nitrogens with one attached hydrogen (secondary N) is 2. The summed E-state index contributed by atoms with van der Waals surface area (Å²) in [6, 6.07) is -0.747. The molecule has 3 aliphatic carbocycles. The van der Waals surface area contributed by atoms with Gasteiger partial charge in [-0.1, -0.05) is 73.1 Å². The van der Waals surface area contributed by atoms with E-state index in [1.54, 1.807) is 0 Å². The molecule has 0 aromatic heterocycles. The Morgan fingerprint density at radius 2 is 1.69 bits per heavy atom. The normalized spacial score (nSPS) is 29.9. The third-order valence-corrected chi connectivity index (χ3v) is 9.25. The van der Waals surface area contributed by atoms with Crippen molar-refractivity contribution >= 4 is 18.9 Å². The quantitative estimate of drug-likeness (QED) is 0.227. The van der Waals surface area contributed by atoms with Gasteiger partial charge in [0.05, 0.1) is 17.6 Å². The molecular formula is C28H52BN3O4. The molecule has 0 aromatic rings. The zero-order chi connectivity index (χ0) is 26.5. The Hall–Kier alpha value is -1.12. The SMILES string of the molecule is CCCCCCCCCC(=O)NC(CN)C(=O)N[C@@H](CC(C)C)B1O[C@@H]2C[C@@H]3C[C@@H](C3(C)C)[C@]2(C)O1. The van der Waals surface area contributed by atoms with E-state index in [9.17, 15) is 9.59 Å². The fraction of sp³-hybridized carbons (Fsp3) is 0.929. The summed E-state index contributed by atoms with van der Waals surface area (Å²) in [4.78, 5) is 25.7. The highest BCUT2D eigenvalue weighted by atomic mass is 16.7. The van der Waals surface area contributed by atoms with Gasteiger partial charge in [0, 0.05) is 13.0 Å². The number of amides is 2. The van der Waals surface area contributed by atoms with Crippen LogP contribution in [0.2, 0.25) is 0 Å². The Morgan fingerprint density at radius 3 is 2.31 bits per heavy atom. The molecule has 0 radical (unpaired) electrons. The zero-order valence-electron chi connectivity index (χ0n) is 23.7. The molecule has 1 aliphatic heterocycles. The van der Waals surface area contributed by atoms with Crippen molar-refractivity contribution in [3.63, 3.8) is 0 Å². The van der Waals surface area contributed by atoms with Crippen molar-refractivity contribution in [3.05, 3.63) is 0 Å². The molecule has 1 unspecified atom stereocenters. The largest absolute Gasteiger partial charge is 0.481 e. The van der Waals surface area contributed by atoms with Crippen LogP contribution in [0.1, 0.15) is 112 Å². The number of hydrogen-bond donors (Lipinski definition) is 3. The molecule has 7 nitrogen and oxygen atoms in total. The maximum absolute atomic E-state index is 13.2. The first kappa shape index (κ1) is 29.4. The molecule has 206 valence electrons. The Labute approximate surface area is 219 Å². The van der Waals surface area contributed by atoms with Crippen LogP contribution in [0, 0.1) is 23.2 Å². The van der Waals surface area contributed by atoms with Crippen molar-refractivity contribution in [1.82, 2.24) is 10.6 Å². The fourth-order valence-electron chi connectivity index (χ4n) is 6.84. The predicted molar refractivity (Wildman–Crippen MR) is 145 cm³/mol. The Kier molecular flexibility index (Phi) is 10.3. The molecule has 2 bridgehead atoms. The lowest BCUT2D eigenvalue weighted by molar-refractivity contribution is -0.199. The van der Waals surface area contributed by atoms with Crippen LogP contribution in [0.15, 0.2) is 0 Å². The summed E-state index contributed by atoms with van der Waals surface area (Å²) in [5.41, 5.74) is 5.86.